The maximum absolute atomic E-state index is 12.9. The van der Waals surface area contributed by atoms with E-state index in [1.807, 2.05) is 0 Å². The molecule has 0 aliphatic heterocycles. The molecule has 30 heavy (non-hydrogen) atoms. The van der Waals surface area contributed by atoms with Crippen LogP contribution in [-0.4, -0.2) is 22.8 Å². The zero-order valence-corrected chi connectivity index (χ0v) is 18.8. The van der Waals surface area contributed by atoms with Crippen molar-refractivity contribution in [2.45, 2.75) is 90.6 Å². The molecule has 4 saturated carbocycles. The van der Waals surface area contributed by atoms with Crippen molar-refractivity contribution in [1.29, 1.82) is 0 Å². The quantitative estimate of drug-likeness (QED) is 0.569. The second-order valence-corrected chi connectivity index (χ2v) is 10.7. The molecule has 3 heteroatoms. The van der Waals surface area contributed by atoms with Crippen LogP contribution < -0.4 is 0 Å². The Balaban J connectivity index is 1.48. The Morgan fingerprint density at radius 3 is 2.67 bits per heavy atom. The Kier molecular flexibility index (Phi) is 6.21. The second kappa shape index (κ2) is 8.57. The molecule has 0 aromatic heterocycles. The summed E-state index contributed by atoms with van der Waals surface area (Å²) in [6.07, 6.45) is 14.5. The van der Waals surface area contributed by atoms with E-state index in [9.17, 15) is 14.7 Å². The third-order valence-corrected chi connectivity index (χ3v) is 8.72. The van der Waals surface area contributed by atoms with Crippen LogP contribution in [0.15, 0.2) is 35.5 Å². The smallest absolute Gasteiger partial charge is 0.143 e. The number of ketones is 2. The van der Waals surface area contributed by atoms with E-state index in [1.54, 1.807) is 0 Å². The zero-order valence-electron chi connectivity index (χ0n) is 18.8. The molecule has 0 bridgehead atoms. The van der Waals surface area contributed by atoms with Gasteiger partial charge in [0.15, 0.2) is 0 Å². The predicted molar refractivity (Wildman–Crippen MR) is 120 cm³/mol. The molecule has 1 N–H and O–H groups in total. The Bertz CT molecular complexity index is 784. The summed E-state index contributed by atoms with van der Waals surface area (Å²) in [6.45, 7) is 8.67. The van der Waals surface area contributed by atoms with E-state index in [4.69, 9.17) is 0 Å². The van der Waals surface area contributed by atoms with Gasteiger partial charge < -0.3 is 5.11 Å². The van der Waals surface area contributed by atoms with Crippen LogP contribution in [0.4, 0.5) is 0 Å². The highest BCUT2D eigenvalue weighted by molar-refractivity contribution is 6.01. The van der Waals surface area contributed by atoms with Gasteiger partial charge in [-0.25, -0.2) is 0 Å². The lowest BCUT2D eigenvalue weighted by molar-refractivity contribution is -0.131. The molecule has 4 aliphatic carbocycles. The first-order valence-electron chi connectivity index (χ1n) is 12.1. The normalized spacial score (nSPS) is 38.0. The Labute approximate surface area is 181 Å². The van der Waals surface area contributed by atoms with Crippen LogP contribution in [0, 0.1) is 29.1 Å². The Morgan fingerprint density at radius 2 is 1.93 bits per heavy atom. The number of carbonyl (C=O) groups is 2. The van der Waals surface area contributed by atoms with Gasteiger partial charge in [-0.1, -0.05) is 43.7 Å². The van der Waals surface area contributed by atoms with E-state index in [0.29, 0.717) is 18.3 Å². The summed E-state index contributed by atoms with van der Waals surface area (Å²) in [5, 5.41) is 10.0. The molecule has 0 aromatic carbocycles. The summed E-state index contributed by atoms with van der Waals surface area (Å²) in [6, 6.07) is 0. The standard InChI is InChI=1S/C27H38O3/c1-17-6-11-22(28)15-21(17)10-7-19-5-4-14-27(3)23(12-13-24(19)27)18(2)25(29)16-26(30)20-8-9-20/h7,10,18,20,22-24,28H,1,4-6,8-9,11-16H2,2-3H3/b19-7+,21-10-/t18-,22-,23+,24?,27+/m0/s1. The van der Waals surface area contributed by atoms with Crippen LogP contribution in [0.5, 0.6) is 0 Å². The summed E-state index contributed by atoms with van der Waals surface area (Å²) >= 11 is 0. The van der Waals surface area contributed by atoms with Crippen LogP contribution in [0.3, 0.4) is 0 Å². The lowest BCUT2D eigenvalue weighted by atomic mass is 9.60. The number of allylic oxidation sites excluding steroid dienone is 4. The molecule has 0 spiro atoms. The molecule has 4 aliphatic rings. The first kappa shape index (κ1) is 21.7. The summed E-state index contributed by atoms with van der Waals surface area (Å²) < 4.78 is 0. The van der Waals surface area contributed by atoms with E-state index < -0.39 is 0 Å². The number of rotatable bonds is 6. The maximum Gasteiger partial charge on any atom is 0.143 e. The molecule has 4 fully saturated rings. The lowest BCUT2D eigenvalue weighted by Gasteiger charge is -2.44. The van der Waals surface area contributed by atoms with Gasteiger partial charge in [-0.2, -0.15) is 0 Å². The minimum absolute atomic E-state index is 0.0197. The average molecular weight is 411 g/mol. The number of hydrogen-bond acceptors (Lipinski definition) is 3. The molecular weight excluding hydrogens is 372 g/mol. The van der Waals surface area contributed by atoms with Gasteiger partial charge in [-0.3, -0.25) is 9.59 Å². The maximum atomic E-state index is 12.9. The Morgan fingerprint density at radius 1 is 1.17 bits per heavy atom. The third-order valence-electron chi connectivity index (χ3n) is 8.72. The number of fused-ring (bicyclic) bond motifs is 1. The zero-order chi connectivity index (χ0) is 21.5. The van der Waals surface area contributed by atoms with Crippen molar-refractivity contribution in [2.75, 3.05) is 0 Å². The van der Waals surface area contributed by atoms with Crippen molar-refractivity contribution in [2.24, 2.45) is 29.1 Å². The molecular formula is C27H38O3. The van der Waals surface area contributed by atoms with Gasteiger partial charge in [0.1, 0.15) is 11.6 Å². The van der Waals surface area contributed by atoms with Gasteiger partial charge >= 0.3 is 0 Å². The van der Waals surface area contributed by atoms with Gasteiger partial charge in [0.2, 0.25) is 0 Å². The fraction of sp³-hybridized carbons (Fsp3) is 0.704. The molecule has 3 nitrogen and oxygen atoms in total. The highest BCUT2D eigenvalue weighted by Crippen LogP contribution is 2.59. The first-order chi connectivity index (χ1) is 14.3. The van der Waals surface area contributed by atoms with Gasteiger partial charge in [0.25, 0.3) is 0 Å². The van der Waals surface area contributed by atoms with Crippen molar-refractivity contribution >= 4 is 11.6 Å². The number of hydrogen-bond donors (Lipinski definition) is 1. The third kappa shape index (κ3) is 4.28. The second-order valence-electron chi connectivity index (χ2n) is 10.7. The van der Waals surface area contributed by atoms with Crippen LogP contribution in [-0.2, 0) is 9.59 Å². The lowest BCUT2D eigenvalue weighted by Crippen LogP contribution is -2.38. The van der Waals surface area contributed by atoms with Crippen molar-refractivity contribution < 1.29 is 14.7 Å². The number of aliphatic hydroxyl groups excluding tert-OH is 1. The molecule has 5 atom stereocenters. The van der Waals surface area contributed by atoms with E-state index >= 15 is 0 Å². The first-order valence-corrected chi connectivity index (χ1v) is 12.1. The highest BCUT2D eigenvalue weighted by atomic mass is 16.3. The van der Waals surface area contributed by atoms with Crippen molar-refractivity contribution in [3.05, 3.63) is 35.5 Å². The largest absolute Gasteiger partial charge is 0.393 e. The van der Waals surface area contributed by atoms with E-state index in [-0.39, 0.29) is 41.3 Å². The monoisotopic (exact) mass is 410 g/mol. The SMILES string of the molecule is C=C1CC[C@H](O)C/C1=C/C=C1\CCC[C@@]2(C)C1CC[C@@H]2[C@H](C)C(=O)CC(=O)C1CC1. The van der Waals surface area contributed by atoms with Gasteiger partial charge in [0.05, 0.1) is 12.5 Å². The molecule has 0 radical (unpaired) electrons. The highest BCUT2D eigenvalue weighted by Gasteiger charge is 2.52. The average Bonchev–Trinajstić information content (AvgIpc) is 3.50. The fourth-order valence-corrected chi connectivity index (χ4v) is 6.60. The number of Topliss-reactive ketones (excluding diaryl/α,β-unsaturated/α-hetero) is 2. The minimum atomic E-state index is -0.238. The van der Waals surface area contributed by atoms with Gasteiger partial charge in [0, 0.05) is 11.8 Å². The number of aliphatic hydroxyl groups is 1. The summed E-state index contributed by atoms with van der Waals surface area (Å²) in [5.41, 5.74) is 4.04. The van der Waals surface area contributed by atoms with Crippen molar-refractivity contribution in [3.8, 4) is 0 Å². The van der Waals surface area contributed by atoms with Crippen LogP contribution in [0.2, 0.25) is 0 Å². The molecule has 1 unspecified atom stereocenters. The van der Waals surface area contributed by atoms with Crippen molar-refractivity contribution in [3.63, 3.8) is 0 Å². The summed E-state index contributed by atoms with van der Waals surface area (Å²) in [5.74, 6) is 1.42. The molecule has 0 saturated heterocycles. The molecule has 0 heterocycles. The topological polar surface area (TPSA) is 54.4 Å². The van der Waals surface area contributed by atoms with Crippen LogP contribution in [0.25, 0.3) is 0 Å². The van der Waals surface area contributed by atoms with Gasteiger partial charge in [-0.05, 0) is 87.0 Å². The molecule has 164 valence electrons. The fourth-order valence-electron chi connectivity index (χ4n) is 6.60. The van der Waals surface area contributed by atoms with Crippen LogP contribution in [0.1, 0.15) is 84.5 Å². The summed E-state index contributed by atoms with van der Waals surface area (Å²) in [7, 11) is 0. The van der Waals surface area contributed by atoms with Gasteiger partial charge in [-0.15, -0.1) is 0 Å². The van der Waals surface area contributed by atoms with E-state index in [2.05, 4.69) is 32.6 Å². The van der Waals surface area contributed by atoms with Crippen molar-refractivity contribution in [1.82, 2.24) is 0 Å². The summed E-state index contributed by atoms with van der Waals surface area (Å²) in [4.78, 5) is 25.1. The molecule has 0 amide bonds. The number of carbonyl (C=O) groups excluding carboxylic acids is 2. The van der Waals surface area contributed by atoms with E-state index in [1.165, 1.54) is 29.6 Å². The molecule has 4 rings (SSSR count). The molecule has 0 aromatic rings. The Hall–Kier alpha value is -1.48. The minimum Gasteiger partial charge on any atom is -0.393 e. The predicted octanol–water partition coefficient (Wildman–Crippen LogP) is 5.73. The van der Waals surface area contributed by atoms with E-state index in [0.717, 1.165) is 44.9 Å². The van der Waals surface area contributed by atoms with Crippen LogP contribution >= 0.6 is 0 Å².